The molecule has 3 heteroatoms. The Kier molecular flexibility index (Phi) is 3.81. The van der Waals surface area contributed by atoms with E-state index < -0.39 is 0 Å². The van der Waals surface area contributed by atoms with Crippen LogP contribution in [0.5, 0.6) is 11.5 Å². The normalized spacial score (nSPS) is 22.7. The van der Waals surface area contributed by atoms with Gasteiger partial charge in [0.1, 0.15) is 11.5 Å². The lowest BCUT2D eigenvalue weighted by Crippen LogP contribution is -2.53. The minimum absolute atomic E-state index is 0.264. The van der Waals surface area contributed by atoms with Crippen molar-refractivity contribution >= 4 is 0 Å². The van der Waals surface area contributed by atoms with Gasteiger partial charge in [-0.05, 0) is 37.8 Å². The first kappa shape index (κ1) is 13.2. The van der Waals surface area contributed by atoms with Crippen LogP contribution in [0.25, 0.3) is 0 Å². The fourth-order valence-electron chi connectivity index (χ4n) is 2.54. The molecule has 1 unspecified atom stereocenters. The lowest BCUT2D eigenvalue weighted by Gasteiger charge is -2.39. The Morgan fingerprint density at radius 1 is 1.39 bits per heavy atom. The van der Waals surface area contributed by atoms with E-state index in [1.165, 1.54) is 5.56 Å². The van der Waals surface area contributed by atoms with Crippen molar-refractivity contribution < 1.29 is 9.84 Å². The van der Waals surface area contributed by atoms with E-state index in [-0.39, 0.29) is 11.5 Å². The number of fused-ring (bicyclic) bond motifs is 1. The van der Waals surface area contributed by atoms with Gasteiger partial charge < -0.3 is 9.84 Å². The second-order valence-corrected chi connectivity index (χ2v) is 5.28. The van der Waals surface area contributed by atoms with Crippen LogP contribution in [0.2, 0.25) is 0 Å². The molecule has 1 aromatic carbocycles. The molecule has 0 saturated carbocycles. The molecule has 1 aromatic rings. The Bertz CT molecular complexity index is 415. The Labute approximate surface area is 109 Å². The van der Waals surface area contributed by atoms with Gasteiger partial charge in [-0.25, -0.2) is 0 Å². The third kappa shape index (κ3) is 2.78. The van der Waals surface area contributed by atoms with E-state index in [0.29, 0.717) is 6.04 Å². The van der Waals surface area contributed by atoms with E-state index in [0.717, 1.165) is 31.4 Å². The van der Waals surface area contributed by atoms with Crippen LogP contribution in [0.4, 0.5) is 0 Å². The number of phenols is 1. The molecular formula is C15H23NO2. The van der Waals surface area contributed by atoms with Gasteiger partial charge in [-0.1, -0.05) is 19.9 Å². The van der Waals surface area contributed by atoms with Crippen molar-refractivity contribution in [3.63, 3.8) is 0 Å². The summed E-state index contributed by atoms with van der Waals surface area (Å²) in [5.74, 6) is 1.07. The average Bonchev–Trinajstić information content (AvgIpc) is 2.35. The van der Waals surface area contributed by atoms with Gasteiger partial charge in [0, 0.05) is 18.5 Å². The first-order valence-corrected chi connectivity index (χ1v) is 6.85. The highest BCUT2D eigenvalue weighted by Crippen LogP contribution is 2.34. The second-order valence-electron chi connectivity index (χ2n) is 5.28. The van der Waals surface area contributed by atoms with Crippen LogP contribution in [-0.4, -0.2) is 16.9 Å². The summed E-state index contributed by atoms with van der Waals surface area (Å²) in [4.78, 5) is 0. The Morgan fingerprint density at radius 2 is 2.11 bits per heavy atom. The molecule has 0 fully saturated rings. The van der Waals surface area contributed by atoms with Crippen molar-refractivity contribution in [3.05, 3.63) is 23.8 Å². The molecule has 0 saturated heterocycles. The molecule has 0 radical (unpaired) electrons. The van der Waals surface area contributed by atoms with Crippen molar-refractivity contribution in [1.82, 2.24) is 5.32 Å². The summed E-state index contributed by atoms with van der Waals surface area (Å²) >= 11 is 0. The number of ether oxygens (including phenoxy) is 1. The van der Waals surface area contributed by atoms with Crippen molar-refractivity contribution in [3.8, 4) is 11.5 Å². The van der Waals surface area contributed by atoms with Crippen LogP contribution >= 0.6 is 0 Å². The minimum Gasteiger partial charge on any atom is -0.508 e. The first-order valence-electron chi connectivity index (χ1n) is 6.85. The lowest BCUT2D eigenvalue weighted by atomic mass is 9.97. The summed E-state index contributed by atoms with van der Waals surface area (Å²) in [7, 11) is 0. The standard InChI is InChI=1S/C15H23NO2/c1-4-12(5-2)16-15(3)9-8-11-6-7-13(17)10-14(11)18-15/h6-7,10,12,16-17H,4-5,8-9H2,1-3H3. The molecule has 0 aromatic heterocycles. The highest BCUT2D eigenvalue weighted by molar-refractivity contribution is 5.41. The summed E-state index contributed by atoms with van der Waals surface area (Å²) in [6.45, 7) is 6.47. The molecule has 0 aliphatic carbocycles. The van der Waals surface area contributed by atoms with Gasteiger partial charge >= 0.3 is 0 Å². The zero-order valence-corrected chi connectivity index (χ0v) is 11.5. The number of hydrogen-bond acceptors (Lipinski definition) is 3. The molecule has 2 rings (SSSR count). The predicted octanol–water partition coefficient (Wildman–Crippen LogP) is 3.21. The van der Waals surface area contributed by atoms with E-state index in [9.17, 15) is 5.11 Å². The van der Waals surface area contributed by atoms with Gasteiger partial charge in [0.2, 0.25) is 0 Å². The van der Waals surface area contributed by atoms with Gasteiger partial charge in [0.05, 0.1) is 0 Å². The van der Waals surface area contributed by atoms with Crippen molar-refractivity contribution in [2.24, 2.45) is 0 Å². The second kappa shape index (κ2) is 5.19. The summed E-state index contributed by atoms with van der Waals surface area (Å²) in [6.07, 6.45) is 4.14. The lowest BCUT2D eigenvalue weighted by molar-refractivity contribution is 0.0174. The fraction of sp³-hybridized carbons (Fsp3) is 0.600. The van der Waals surface area contributed by atoms with Crippen molar-refractivity contribution in [2.45, 2.75) is 58.2 Å². The van der Waals surface area contributed by atoms with Crippen LogP contribution in [0.1, 0.15) is 45.6 Å². The predicted molar refractivity (Wildman–Crippen MR) is 73.0 cm³/mol. The zero-order chi connectivity index (χ0) is 13.2. The number of benzene rings is 1. The molecule has 0 amide bonds. The Balaban J connectivity index is 2.14. The largest absolute Gasteiger partial charge is 0.508 e. The molecule has 0 bridgehead atoms. The molecule has 0 spiro atoms. The molecule has 3 nitrogen and oxygen atoms in total. The van der Waals surface area contributed by atoms with Crippen LogP contribution in [0, 0.1) is 0 Å². The molecule has 18 heavy (non-hydrogen) atoms. The van der Waals surface area contributed by atoms with Gasteiger partial charge in [-0.2, -0.15) is 0 Å². The average molecular weight is 249 g/mol. The van der Waals surface area contributed by atoms with E-state index in [2.05, 4.69) is 26.1 Å². The van der Waals surface area contributed by atoms with E-state index >= 15 is 0 Å². The number of phenolic OH excluding ortho intramolecular Hbond substituents is 1. The number of aromatic hydroxyl groups is 1. The van der Waals surface area contributed by atoms with Crippen LogP contribution in [-0.2, 0) is 6.42 Å². The number of rotatable bonds is 4. The molecule has 1 heterocycles. The van der Waals surface area contributed by atoms with Crippen LogP contribution in [0.15, 0.2) is 18.2 Å². The minimum atomic E-state index is -0.322. The number of hydrogen-bond donors (Lipinski definition) is 2. The highest BCUT2D eigenvalue weighted by Gasteiger charge is 2.32. The van der Waals surface area contributed by atoms with Gasteiger partial charge in [-0.15, -0.1) is 0 Å². The molecule has 1 aliphatic rings. The molecule has 100 valence electrons. The van der Waals surface area contributed by atoms with E-state index in [1.54, 1.807) is 12.1 Å². The smallest absolute Gasteiger partial charge is 0.158 e. The maximum absolute atomic E-state index is 9.53. The van der Waals surface area contributed by atoms with Crippen LogP contribution < -0.4 is 10.1 Å². The van der Waals surface area contributed by atoms with E-state index in [4.69, 9.17) is 4.74 Å². The number of nitrogens with one attached hydrogen (secondary N) is 1. The third-order valence-electron chi connectivity index (χ3n) is 3.75. The highest BCUT2D eigenvalue weighted by atomic mass is 16.5. The summed E-state index contributed by atoms with van der Waals surface area (Å²) < 4.78 is 6.06. The summed E-state index contributed by atoms with van der Waals surface area (Å²) in [6, 6.07) is 5.86. The summed E-state index contributed by atoms with van der Waals surface area (Å²) in [5, 5.41) is 13.1. The molecule has 1 aliphatic heterocycles. The monoisotopic (exact) mass is 249 g/mol. The SMILES string of the molecule is CCC(CC)NC1(C)CCc2ccc(O)cc2O1. The molecule has 2 N–H and O–H groups in total. The zero-order valence-electron chi connectivity index (χ0n) is 11.5. The molecular weight excluding hydrogens is 226 g/mol. The van der Waals surface area contributed by atoms with Crippen molar-refractivity contribution in [2.75, 3.05) is 0 Å². The maximum atomic E-state index is 9.53. The van der Waals surface area contributed by atoms with Gasteiger partial charge in [0.15, 0.2) is 5.72 Å². The fourth-order valence-corrected chi connectivity index (χ4v) is 2.54. The summed E-state index contributed by atoms with van der Waals surface area (Å²) in [5.41, 5.74) is 0.855. The van der Waals surface area contributed by atoms with E-state index in [1.807, 2.05) is 6.07 Å². The van der Waals surface area contributed by atoms with Crippen LogP contribution in [0.3, 0.4) is 0 Å². The maximum Gasteiger partial charge on any atom is 0.158 e. The first-order chi connectivity index (χ1) is 8.56. The number of aryl methyl sites for hydroxylation is 1. The Hall–Kier alpha value is -1.22. The third-order valence-corrected chi connectivity index (χ3v) is 3.75. The van der Waals surface area contributed by atoms with Crippen molar-refractivity contribution in [1.29, 1.82) is 0 Å². The quantitative estimate of drug-likeness (QED) is 0.861. The Morgan fingerprint density at radius 3 is 2.78 bits per heavy atom. The molecule has 1 atom stereocenters. The van der Waals surface area contributed by atoms with Gasteiger partial charge in [-0.3, -0.25) is 5.32 Å². The topological polar surface area (TPSA) is 41.5 Å². The van der Waals surface area contributed by atoms with Gasteiger partial charge in [0.25, 0.3) is 0 Å².